The zero-order chi connectivity index (χ0) is 18.1. The molecule has 1 aromatic rings. The van der Waals surface area contributed by atoms with E-state index in [4.69, 9.17) is 4.74 Å². The van der Waals surface area contributed by atoms with Gasteiger partial charge in [-0.2, -0.15) is 0 Å². The van der Waals surface area contributed by atoms with E-state index in [9.17, 15) is 9.59 Å². The van der Waals surface area contributed by atoms with Crippen LogP contribution in [0.3, 0.4) is 0 Å². The Balaban J connectivity index is 1.75. The molecule has 1 fully saturated rings. The maximum Gasteiger partial charge on any atom is 0.244 e. The summed E-state index contributed by atoms with van der Waals surface area (Å²) in [5.41, 5.74) is 1.85. The fraction of sp³-hybridized carbons (Fsp3) is 0.474. The average Bonchev–Trinajstić information content (AvgIpc) is 3.04. The second kappa shape index (κ2) is 9.96. The first-order valence-corrected chi connectivity index (χ1v) is 8.64. The van der Waals surface area contributed by atoms with Gasteiger partial charge < -0.3 is 19.9 Å². The summed E-state index contributed by atoms with van der Waals surface area (Å²) in [7, 11) is 3.67. The summed E-state index contributed by atoms with van der Waals surface area (Å²) in [6, 6.07) is 7.68. The molecule has 136 valence electrons. The van der Waals surface area contributed by atoms with E-state index in [2.05, 4.69) is 10.2 Å². The first-order valence-electron chi connectivity index (χ1n) is 8.64. The lowest BCUT2D eigenvalue weighted by molar-refractivity contribution is -0.117. The number of carbonyl (C=O) groups excluding carboxylic acids is 2. The summed E-state index contributed by atoms with van der Waals surface area (Å²) in [6.45, 7) is 3.69. The van der Waals surface area contributed by atoms with Crippen LogP contribution in [0, 0.1) is 0 Å². The molecule has 0 aliphatic carbocycles. The Morgan fingerprint density at radius 1 is 1.32 bits per heavy atom. The molecule has 0 radical (unpaired) electrons. The number of amides is 2. The molecular formula is C19H27N3O3. The molecule has 1 aliphatic heterocycles. The topological polar surface area (TPSA) is 61.9 Å². The molecular weight excluding hydrogens is 318 g/mol. The van der Waals surface area contributed by atoms with E-state index in [1.807, 2.05) is 31.3 Å². The summed E-state index contributed by atoms with van der Waals surface area (Å²) in [6.07, 6.45) is 4.86. The highest BCUT2D eigenvalue weighted by Gasteiger charge is 2.21. The number of hydrogen-bond donors (Lipinski definition) is 1. The molecule has 1 aromatic carbocycles. The van der Waals surface area contributed by atoms with Crippen LogP contribution >= 0.6 is 0 Å². The van der Waals surface area contributed by atoms with Gasteiger partial charge in [0.25, 0.3) is 0 Å². The predicted octanol–water partition coefficient (Wildman–Crippen LogP) is 1.52. The third kappa shape index (κ3) is 6.32. The molecule has 0 aromatic heterocycles. The van der Waals surface area contributed by atoms with E-state index in [0.717, 1.165) is 37.3 Å². The van der Waals surface area contributed by atoms with E-state index in [1.54, 1.807) is 18.1 Å². The van der Waals surface area contributed by atoms with Crippen molar-refractivity contribution in [1.29, 1.82) is 0 Å². The molecule has 1 aliphatic rings. The Kier molecular flexibility index (Phi) is 7.63. The fourth-order valence-corrected chi connectivity index (χ4v) is 2.65. The van der Waals surface area contributed by atoms with Gasteiger partial charge in [-0.05, 0) is 37.2 Å². The number of rotatable bonds is 9. The van der Waals surface area contributed by atoms with Gasteiger partial charge in [0.15, 0.2) is 0 Å². The SMILES string of the molecule is COCCN(C)CCNC(=O)/C=C/c1ccc(N2CCCC2=O)cc1. The van der Waals surface area contributed by atoms with Gasteiger partial charge in [-0.1, -0.05) is 12.1 Å². The number of nitrogens with one attached hydrogen (secondary N) is 1. The van der Waals surface area contributed by atoms with Crippen LogP contribution in [0.1, 0.15) is 18.4 Å². The van der Waals surface area contributed by atoms with Crippen molar-refractivity contribution in [2.75, 3.05) is 51.8 Å². The highest BCUT2D eigenvalue weighted by atomic mass is 16.5. The maximum absolute atomic E-state index is 11.8. The molecule has 1 N–H and O–H groups in total. The number of benzene rings is 1. The molecule has 0 saturated carbocycles. The van der Waals surface area contributed by atoms with Crippen molar-refractivity contribution in [3.05, 3.63) is 35.9 Å². The first-order chi connectivity index (χ1) is 12.1. The van der Waals surface area contributed by atoms with E-state index in [-0.39, 0.29) is 11.8 Å². The molecule has 0 bridgehead atoms. The number of anilines is 1. The summed E-state index contributed by atoms with van der Waals surface area (Å²) in [4.78, 5) is 27.5. The highest BCUT2D eigenvalue weighted by Crippen LogP contribution is 2.21. The van der Waals surface area contributed by atoms with Crippen molar-refractivity contribution in [3.8, 4) is 0 Å². The minimum absolute atomic E-state index is 0.112. The van der Waals surface area contributed by atoms with Crippen LogP contribution < -0.4 is 10.2 Å². The minimum atomic E-state index is -0.112. The molecule has 1 heterocycles. The standard InChI is InChI=1S/C19H27N3O3/c1-21(14-15-25-2)13-11-20-18(23)10-7-16-5-8-17(9-6-16)22-12-3-4-19(22)24/h5-10H,3-4,11-15H2,1-2H3,(H,20,23)/b10-7+. The van der Waals surface area contributed by atoms with Crippen molar-refractivity contribution in [2.24, 2.45) is 0 Å². The van der Waals surface area contributed by atoms with Crippen LogP contribution in [0.2, 0.25) is 0 Å². The number of carbonyl (C=O) groups is 2. The predicted molar refractivity (Wildman–Crippen MR) is 99.4 cm³/mol. The van der Waals surface area contributed by atoms with Crippen molar-refractivity contribution >= 4 is 23.6 Å². The zero-order valence-corrected chi connectivity index (χ0v) is 15.0. The lowest BCUT2D eigenvalue weighted by atomic mass is 10.2. The number of likely N-dealkylation sites (N-methyl/N-ethyl adjacent to an activating group) is 1. The minimum Gasteiger partial charge on any atom is -0.383 e. The van der Waals surface area contributed by atoms with Gasteiger partial charge in [0.2, 0.25) is 11.8 Å². The highest BCUT2D eigenvalue weighted by molar-refractivity contribution is 5.95. The van der Waals surface area contributed by atoms with Crippen molar-refractivity contribution < 1.29 is 14.3 Å². The van der Waals surface area contributed by atoms with E-state index < -0.39 is 0 Å². The monoisotopic (exact) mass is 345 g/mol. The van der Waals surface area contributed by atoms with Gasteiger partial charge >= 0.3 is 0 Å². The Hall–Kier alpha value is -2.18. The molecule has 6 nitrogen and oxygen atoms in total. The Labute approximate surface area is 149 Å². The van der Waals surface area contributed by atoms with Gasteiger partial charge in [-0.3, -0.25) is 9.59 Å². The summed E-state index contributed by atoms with van der Waals surface area (Å²) < 4.78 is 5.01. The van der Waals surface area contributed by atoms with Crippen LogP contribution in [0.25, 0.3) is 6.08 Å². The smallest absolute Gasteiger partial charge is 0.244 e. The molecule has 2 rings (SSSR count). The number of ether oxygens (including phenoxy) is 1. The van der Waals surface area contributed by atoms with Crippen LogP contribution in [-0.2, 0) is 14.3 Å². The van der Waals surface area contributed by atoms with Crippen LogP contribution in [-0.4, -0.2) is 63.7 Å². The second-order valence-corrected chi connectivity index (χ2v) is 6.16. The van der Waals surface area contributed by atoms with Crippen LogP contribution in [0.5, 0.6) is 0 Å². The molecule has 0 unspecified atom stereocenters. The van der Waals surface area contributed by atoms with E-state index in [0.29, 0.717) is 19.6 Å². The third-order valence-corrected chi connectivity index (χ3v) is 4.18. The Bertz CT molecular complexity index is 598. The molecule has 25 heavy (non-hydrogen) atoms. The molecule has 0 spiro atoms. The molecule has 6 heteroatoms. The van der Waals surface area contributed by atoms with Gasteiger partial charge in [0.05, 0.1) is 6.61 Å². The number of hydrogen-bond acceptors (Lipinski definition) is 4. The second-order valence-electron chi connectivity index (χ2n) is 6.16. The molecule has 0 atom stereocenters. The normalized spacial score (nSPS) is 14.7. The molecule has 2 amide bonds. The van der Waals surface area contributed by atoms with Crippen molar-refractivity contribution in [2.45, 2.75) is 12.8 Å². The lowest BCUT2D eigenvalue weighted by Crippen LogP contribution is -2.33. The van der Waals surface area contributed by atoms with Gasteiger partial charge in [-0.15, -0.1) is 0 Å². The lowest BCUT2D eigenvalue weighted by Gasteiger charge is -2.15. The van der Waals surface area contributed by atoms with E-state index in [1.165, 1.54) is 6.08 Å². The van der Waals surface area contributed by atoms with Gasteiger partial charge in [0, 0.05) is 51.5 Å². The summed E-state index contributed by atoms with van der Waals surface area (Å²) >= 11 is 0. The Morgan fingerprint density at radius 3 is 2.72 bits per heavy atom. The number of nitrogens with zero attached hydrogens (tertiary/aromatic N) is 2. The summed E-state index contributed by atoms with van der Waals surface area (Å²) in [5.74, 6) is 0.0667. The third-order valence-electron chi connectivity index (χ3n) is 4.18. The van der Waals surface area contributed by atoms with Crippen molar-refractivity contribution in [3.63, 3.8) is 0 Å². The molecule has 1 saturated heterocycles. The zero-order valence-electron chi connectivity index (χ0n) is 15.0. The van der Waals surface area contributed by atoms with Gasteiger partial charge in [-0.25, -0.2) is 0 Å². The van der Waals surface area contributed by atoms with E-state index >= 15 is 0 Å². The summed E-state index contributed by atoms with van der Waals surface area (Å²) in [5, 5.41) is 2.86. The van der Waals surface area contributed by atoms with Crippen LogP contribution in [0.15, 0.2) is 30.3 Å². The largest absolute Gasteiger partial charge is 0.383 e. The quantitative estimate of drug-likeness (QED) is 0.690. The van der Waals surface area contributed by atoms with Gasteiger partial charge in [0.1, 0.15) is 0 Å². The average molecular weight is 345 g/mol. The fourth-order valence-electron chi connectivity index (χ4n) is 2.65. The Morgan fingerprint density at radius 2 is 2.08 bits per heavy atom. The van der Waals surface area contributed by atoms with Crippen LogP contribution in [0.4, 0.5) is 5.69 Å². The first kappa shape index (κ1) is 19.1. The number of methoxy groups -OCH3 is 1. The van der Waals surface area contributed by atoms with Crippen molar-refractivity contribution in [1.82, 2.24) is 10.2 Å². The maximum atomic E-state index is 11.8.